The third kappa shape index (κ3) is 2.70. The minimum atomic E-state index is -0.767. The van der Waals surface area contributed by atoms with E-state index in [1.807, 2.05) is 0 Å². The largest absolute Gasteiger partial charge is 0.300 e. The first-order chi connectivity index (χ1) is 5.59. The Bertz CT molecular complexity index is 199. The first-order valence-corrected chi connectivity index (χ1v) is 5.86. The maximum Gasteiger partial charge on any atom is 0.134 e. The number of rotatable bonds is 3. The minimum Gasteiger partial charge on any atom is -0.300 e. The van der Waals surface area contributed by atoms with E-state index in [9.17, 15) is 9.00 Å². The number of carbonyl (C=O) groups is 1. The Morgan fingerprint density at radius 3 is 2.67 bits per heavy atom. The fourth-order valence-corrected chi connectivity index (χ4v) is 3.15. The molecule has 0 N–H and O–H groups in total. The number of ketones is 1. The lowest BCUT2D eigenvalue weighted by Crippen LogP contribution is -2.17. The predicted molar refractivity (Wildman–Crippen MR) is 50.5 cm³/mol. The molecule has 0 aromatic carbocycles. The average molecular weight is 188 g/mol. The minimum absolute atomic E-state index is 0.167. The van der Waals surface area contributed by atoms with Gasteiger partial charge in [-0.05, 0) is 12.3 Å². The standard InChI is InChI=1S/C9H16O2S/c1-7(2)6-12(11)9-4-3-8(10)5-9/h7,9H,3-6H2,1-2H3. The van der Waals surface area contributed by atoms with E-state index in [0.29, 0.717) is 18.8 Å². The van der Waals surface area contributed by atoms with Crippen molar-refractivity contribution in [3.05, 3.63) is 0 Å². The van der Waals surface area contributed by atoms with Gasteiger partial charge in [0.05, 0.1) is 0 Å². The maximum absolute atomic E-state index is 11.6. The SMILES string of the molecule is CC(C)CS(=O)C1CCC(=O)C1. The smallest absolute Gasteiger partial charge is 0.134 e. The molecule has 0 heterocycles. The summed E-state index contributed by atoms with van der Waals surface area (Å²) in [5.41, 5.74) is 0. The van der Waals surface area contributed by atoms with Crippen LogP contribution in [0.3, 0.4) is 0 Å². The number of hydrogen-bond donors (Lipinski definition) is 0. The molecule has 2 atom stereocenters. The highest BCUT2D eigenvalue weighted by Crippen LogP contribution is 2.21. The monoisotopic (exact) mass is 188 g/mol. The van der Waals surface area contributed by atoms with Gasteiger partial charge in [0.2, 0.25) is 0 Å². The van der Waals surface area contributed by atoms with Gasteiger partial charge in [-0.3, -0.25) is 9.00 Å². The van der Waals surface area contributed by atoms with Crippen LogP contribution >= 0.6 is 0 Å². The van der Waals surface area contributed by atoms with Gasteiger partial charge in [0, 0.05) is 34.6 Å². The van der Waals surface area contributed by atoms with Crippen molar-refractivity contribution in [2.45, 2.75) is 38.4 Å². The molecule has 1 fully saturated rings. The highest BCUT2D eigenvalue weighted by atomic mass is 32.2. The van der Waals surface area contributed by atoms with Crippen molar-refractivity contribution < 1.29 is 9.00 Å². The average Bonchev–Trinajstić information content (AvgIpc) is 2.34. The quantitative estimate of drug-likeness (QED) is 0.673. The molecule has 0 aromatic heterocycles. The summed E-state index contributed by atoms with van der Waals surface area (Å²) in [6.07, 6.45) is 2.05. The second kappa shape index (κ2) is 4.17. The van der Waals surface area contributed by atoms with Crippen LogP contribution in [0.5, 0.6) is 0 Å². The van der Waals surface area contributed by atoms with Crippen LogP contribution in [0.4, 0.5) is 0 Å². The molecule has 1 rings (SSSR count). The molecule has 0 amide bonds. The van der Waals surface area contributed by atoms with Crippen molar-refractivity contribution in [2.75, 3.05) is 5.75 Å². The van der Waals surface area contributed by atoms with Crippen LogP contribution in [0.1, 0.15) is 33.1 Å². The Morgan fingerprint density at radius 2 is 2.25 bits per heavy atom. The van der Waals surface area contributed by atoms with Crippen LogP contribution in [-0.4, -0.2) is 21.0 Å². The zero-order valence-electron chi connectivity index (χ0n) is 7.71. The molecule has 2 nitrogen and oxygen atoms in total. The molecule has 1 aliphatic rings. The van der Waals surface area contributed by atoms with Crippen molar-refractivity contribution in [2.24, 2.45) is 5.92 Å². The second-order valence-electron chi connectivity index (χ2n) is 3.84. The molecule has 2 unspecified atom stereocenters. The Kier molecular flexibility index (Phi) is 3.44. The van der Waals surface area contributed by atoms with E-state index in [1.54, 1.807) is 0 Å². The Balaban J connectivity index is 2.38. The molecule has 1 aliphatic carbocycles. The summed E-state index contributed by atoms with van der Waals surface area (Å²) in [5.74, 6) is 1.51. The molecule has 3 heteroatoms. The van der Waals surface area contributed by atoms with Gasteiger partial charge >= 0.3 is 0 Å². The maximum atomic E-state index is 11.6. The Labute approximate surface area is 76.2 Å². The summed E-state index contributed by atoms with van der Waals surface area (Å²) >= 11 is 0. The van der Waals surface area contributed by atoms with E-state index < -0.39 is 10.8 Å². The highest BCUT2D eigenvalue weighted by molar-refractivity contribution is 7.85. The summed E-state index contributed by atoms with van der Waals surface area (Å²) in [6.45, 7) is 4.13. The first-order valence-electron chi connectivity index (χ1n) is 4.48. The third-order valence-corrected chi connectivity index (χ3v) is 4.21. The van der Waals surface area contributed by atoms with Gasteiger partial charge in [-0.25, -0.2) is 0 Å². The van der Waals surface area contributed by atoms with Crippen molar-refractivity contribution in [3.63, 3.8) is 0 Å². The number of hydrogen-bond acceptors (Lipinski definition) is 2. The zero-order valence-corrected chi connectivity index (χ0v) is 8.52. The van der Waals surface area contributed by atoms with Crippen LogP contribution in [0, 0.1) is 5.92 Å². The van der Waals surface area contributed by atoms with Crippen LogP contribution in [0.2, 0.25) is 0 Å². The molecule has 0 aromatic rings. The van der Waals surface area contributed by atoms with Crippen molar-refractivity contribution in [3.8, 4) is 0 Å². The summed E-state index contributed by atoms with van der Waals surface area (Å²) in [4.78, 5) is 10.9. The van der Waals surface area contributed by atoms with E-state index in [-0.39, 0.29) is 11.0 Å². The molecular weight excluding hydrogens is 172 g/mol. The van der Waals surface area contributed by atoms with Crippen LogP contribution in [0.25, 0.3) is 0 Å². The van der Waals surface area contributed by atoms with Crippen LogP contribution in [-0.2, 0) is 15.6 Å². The first kappa shape index (κ1) is 9.90. The summed E-state index contributed by atoms with van der Waals surface area (Å²) in [5, 5.41) is 0.167. The van der Waals surface area contributed by atoms with E-state index in [0.717, 1.165) is 12.2 Å². The zero-order chi connectivity index (χ0) is 9.14. The molecular formula is C9H16O2S. The van der Waals surface area contributed by atoms with E-state index in [2.05, 4.69) is 13.8 Å². The molecule has 0 aliphatic heterocycles. The number of carbonyl (C=O) groups excluding carboxylic acids is 1. The molecule has 12 heavy (non-hydrogen) atoms. The number of Topliss-reactive ketones (excluding diaryl/α,β-unsaturated/α-hetero) is 1. The normalized spacial score (nSPS) is 26.6. The highest BCUT2D eigenvalue weighted by Gasteiger charge is 2.27. The van der Waals surface area contributed by atoms with E-state index in [1.165, 1.54) is 0 Å². The van der Waals surface area contributed by atoms with Gasteiger partial charge in [0.25, 0.3) is 0 Å². The van der Waals surface area contributed by atoms with Gasteiger partial charge in [0.1, 0.15) is 5.78 Å². The summed E-state index contributed by atoms with van der Waals surface area (Å²) in [6, 6.07) is 0. The molecule has 0 spiro atoms. The van der Waals surface area contributed by atoms with Crippen molar-refractivity contribution >= 4 is 16.6 Å². The fraction of sp³-hybridized carbons (Fsp3) is 0.889. The van der Waals surface area contributed by atoms with E-state index in [4.69, 9.17) is 0 Å². The van der Waals surface area contributed by atoms with Crippen LogP contribution in [0.15, 0.2) is 0 Å². The van der Waals surface area contributed by atoms with Gasteiger partial charge in [-0.15, -0.1) is 0 Å². The van der Waals surface area contributed by atoms with Gasteiger partial charge in [0.15, 0.2) is 0 Å². The lowest BCUT2D eigenvalue weighted by Gasteiger charge is -2.09. The topological polar surface area (TPSA) is 34.1 Å². The third-order valence-electron chi connectivity index (χ3n) is 2.07. The lowest BCUT2D eigenvalue weighted by molar-refractivity contribution is -0.117. The van der Waals surface area contributed by atoms with Crippen molar-refractivity contribution in [1.29, 1.82) is 0 Å². The molecule has 1 saturated carbocycles. The lowest BCUT2D eigenvalue weighted by atomic mass is 10.3. The van der Waals surface area contributed by atoms with Crippen molar-refractivity contribution in [1.82, 2.24) is 0 Å². The molecule has 0 radical (unpaired) electrons. The molecule has 70 valence electrons. The predicted octanol–water partition coefficient (Wildman–Crippen LogP) is 1.51. The Morgan fingerprint density at radius 1 is 1.58 bits per heavy atom. The van der Waals surface area contributed by atoms with Gasteiger partial charge in [-0.1, -0.05) is 13.8 Å². The summed E-state index contributed by atoms with van der Waals surface area (Å²) in [7, 11) is -0.767. The Hall–Kier alpha value is -0.180. The molecule has 0 saturated heterocycles. The van der Waals surface area contributed by atoms with E-state index >= 15 is 0 Å². The van der Waals surface area contributed by atoms with Gasteiger partial charge in [-0.2, -0.15) is 0 Å². The van der Waals surface area contributed by atoms with Gasteiger partial charge < -0.3 is 0 Å². The van der Waals surface area contributed by atoms with Crippen LogP contribution < -0.4 is 0 Å². The molecule has 0 bridgehead atoms. The second-order valence-corrected chi connectivity index (χ2v) is 5.61. The fourth-order valence-electron chi connectivity index (χ4n) is 1.47. The summed E-state index contributed by atoms with van der Waals surface area (Å²) < 4.78 is 11.6.